The molecule has 1 aliphatic rings. The van der Waals surface area contributed by atoms with Crippen LogP contribution in [0, 0.1) is 0 Å². The Morgan fingerprint density at radius 1 is 1.29 bits per heavy atom. The molecule has 1 saturated carbocycles. The molecular formula is C17H21NO3. The van der Waals surface area contributed by atoms with Crippen LogP contribution in [0.15, 0.2) is 24.3 Å². The van der Waals surface area contributed by atoms with Crippen molar-refractivity contribution in [1.29, 1.82) is 0 Å². The SMILES string of the molecule is COc1cccc2c1cc(C1CC1)n2C(=O)OC(C)(C)C. The largest absolute Gasteiger partial charge is 0.496 e. The van der Waals surface area contributed by atoms with Crippen LogP contribution in [-0.4, -0.2) is 23.4 Å². The molecule has 0 N–H and O–H groups in total. The summed E-state index contributed by atoms with van der Waals surface area (Å²) in [7, 11) is 1.65. The van der Waals surface area contributed by atoms with Crippen LogP contribution < -0.4 is 4.74 Å². The van der Waals surface area contributed by atoms with Crippen LogP contribution in [0.4, 0.5) is 4.79 Å². The summed E-state index contributed by atoms with van der Waals surface area (Å²) >= 11 is 0. The number of benzene rings is 1. The van der Waals surface area contributed by atoms with Crippen LogP contribution >= 0.6 is 0 Å². The molecule has 1 heterocycles. The minimum Gasteiger partial charge on any atom is -0.496 e. The lowest BCUT2D eigenvalue weighted by Gasteiger charge is -2.21. The van der Waals surface area contributed by atoms with Gasteiger partial charge >= 0.3 is 6.09 Å². The number of carbonyl (C=O) groups excluding carboxylic acids is 1. The average Bonchev–Trinajstić information content (AvgIpc) is 3.16. The summed E-state index contributed by atoms with van der Waals surface area (Å²) in [6.45, 7) is 5.65. The van der Waals surface area contributed by atoms with Gasteiger partial charge in [-0.05, 0) is 57.7 Å². The fourth-order valence-corrected chi connectivity index (χ4v) is 2.59. The van der Waals surface area contributed by atoms with Crippen molar-refractivity contribution in [3.8, 4) is 5.75 Å². The van der Waals surface area contributed by atoms with E-state index in [2.05, 4.69) is 6.07 Å². The lowest BCUT2D eigenvalue weighted by Crippen LogP contribution is -2.27. The smallest absolute Gasteiger partial charge is 0.419 e. The predicted molar refractivity (Wildman–Crippen MR) is 82.1 cm³/mol. The van der Waals surface area contributed by atoms with Gasteiger partial charge in [-0.2, -0.15) is 0 Å². The molecule has 1 aromatic carbocycles. The van der Waals surface area contributed by atoms with E-state index < -0.39 is 5.60 Å². The average molecular weight is 287 g/mol. The van der Waals surface area contributed by atoms with Gasteiger partial charge in [0.1, 0.15) is 11.4 Å². The van der Waals surface area contributed by atoms with Gasteiger partial charge in [-0.3, -0.25) is 0 Å². The summed E-state index contributed by atoms with van der Waals surface area (Å²) in [5, 5.41) is 0.966. The molecule has 0 amide bonds. The van der Waals surface area contributed by atoms with E-state index in [-0.39, 0.29) is 6.09 Å². The third-order valence-corrected chi connectivity index (χ3v) is 3.63. The normalized spacial score (nSPS) is 15.2. The fourth-order valence-electron chi connectivity index (χ4n) is 2.59. The first-order chi connectivity index (χ1) is 9.90. The summed E-state index contributed by atoms with van der Waals surface area (Å²) in [5.41, 5.74) is 1.38. The summed E-state index contributed by atoms with van der Waals surface area (Å²) in [5.74, 6) is 1.24. The highest BCUT2D eigenvalue weighted by Gasteiger charge is 2.32. The minimum atomic E-state index is -0.507. The second-order valence-corrected chi connectivity index (χ2v) is 6.55. The number of hydrogen-bond donors (Lipinski definition) is 0. The Hall–Kier alpha value is -1.97. The zero-order chi connectivity index (χ0) is 15.2. The van der Waals surface area contributed by atoms with E-state index in [0.717, 1.165) is 35.2 Å². The minimum absolute atomic E-state index is 0.312. The van der Waals surface area contributed by atoms with Gasteiger partial charge in [0.25, 0.3) is 0 Å². The monoisotopic (exact) mass is 287 g/mol. The van der Waals surface area contributed by atoms with E-state index in [4.69, 9.17) is 9.47 Å². The molecule has 0 radical (unpaired) electrons. The Morgan fingerprint density at radius 3 is 2.57 bits per heavy atom. The molecule has 0 atom stereocenters. The van der Waals surface area contributed by atoms with Crippen molar-refractivity contribution in [3.63, 3.8) is 0 Å². The van der Waals surface area contributed by atoms with Gasteiger partial charge in [0.2, 0.25) is 0 Å². The molecule has 0 aliphatic heterocycles. The summed E-state index contributed by atoms with van der Waals surface area (Å²) in [4.78, 5) is 12.6. The van der Waals surface area contributed by atoms with Gasteiger partial charge in [0, 0.05) is 11.1 Å². The molecule has 0 saturated heterocycles. The molecule has 1 aliphatic carbocycles. The number of fused-ring (bicyclic) bond motifs is 1. The van der Waals surface area contributed by atoms with Crippen molar-refractivity contribution in [2.75, 3.05) is 7.11 Å². The van der Waals surface area contributed by atoms with E-state index >= 15 is 0 Å². The highest BCUT2D eigenvalue weighted by molar-refractivity contribution is 5.94. The highest BCUT2D eigenvalue weighted by atomic mass is 16.6. The molecule has 0 unspecified atom stereocenters. The molecule has 1 aromatic heterocycles. The predicted octanol–water partition coefficient (Wildman–Crippen LogP) is 4.31. The van der Waals surface area contributed by atoms with Crippen molar-refractivity contribution in [3.05, 3.63) is 30.0 Å². The number of rotatable bonds is 2. The van der Waals surface area contributed by atoms with Gasteiger partial charge < -0.3 is 9.47 Å². The maximum Gasteiger partial charge on any atom is 0.419 e. The van der Waals surface area contributed by atoms with Crippen molar-refractivity contribution < 1.29 is 14.3 Å². The summed E-state index contributed by atoms with van der Waals surface area (Å²) in [6, 6.07) is 7.82. The van der Waals surface area contributed by atoms with E-state index in [1.165, 1.54) is 0 Å². The molecule has 4 nitrogen and oxygen atoms in total. The molecule has 4 heteroatoms. The van der Waals surface area contributed by atoms with Gasteiger partial charge in [0.15, 0.2) is 0 Å². The first kappa shape index (κ1) is 14.0. The topological polar surface area (TPSA) is 40.5 Å². The first-order valence-corrected chi connectivity index (χ1v) is 7.32. The van der Waals surface area contributed by atoms with Gasteiger partial charge in [0.05, 0.1) is 12.6 Å². The quantitative estimate of drug-likeness (QED) is 0.826. The van der Waals surface area contributed by atoms with Crippen LogP contribution in [0.1, 0.15) is 45.2 Å². The lowest BCUT2D eigenvalue weighted by atomic mass is 10.2. The Bertz CT molecular complexity index is 690. The van der Waals surface area contributed by atoms with Crippen LogP contribution in [0.25, 0.3) is 10.9 Å². The Labute approximate surface area is 124 Å². The Morgan fingerprint density at radius 2 is 2.00 bits per heavy atom. The van der Waals surface area contributed by atoms with Gasteiger partial charge in [-0.1, -0.05) is 6.07 Å². The molecule has 3 rings (SSSR count). The van der Waals surface area contributed by atoms with Crippen molar-refractivity contribution in [2.24, 2.45) is 0 Å². The Balaban J connectivity index is 2.15. The Kier molecular flexibility index (Phi) is 3.19. The number of methoxy groups -OCH3 is 1. The number of aromatic nitrogens is 1. The maximum absolute atomic E-state index is 12.6. The molecule has 1 fully saturated rings. The third-order valence-electron chi connectivity index (χ3n) is 3.63. The van der Waals surface area contributed by atoms with E-state index in [0.29, 0.717) is 5.92 Å². The zero-order valence-corrected chi connectivity index (χ0v) is 13.0. The van der Waals surface area contributed by atoms with Gasteiger partial charge in [-0.25, -0.2) is 9.36 Å². The van der Waals surface area contributed by atoms with Crippen LogP contribution in [0.2, 0.25) is 0 Å². The van der Waals surface area contributed by atoms with E-state index in [1.807, 2.05) is 39.0 Å². The first-order valence-electron chi connectivity index (χ1n) is 7.32. The lowest BCUT2D eigenvalue weighted by molar-refractivity contribution is 0.0540. The number of carbonyl (C=O) groups is 1. The maximum atomic E-state index is 12.6. The molecule has 21 heavy (non-hydrogen) atoms. The number of nitrogens with zero attached hydrogens (tertiary/aromatic N) is 1. The fraction of sp³-hybridized carbons (Fsp3) is 0.471. The third kappa shape index (κ3) is 2.62. The van der Waals surface area contributed by atoms with E-state index in [1.54, 1.807) is 11.7 Å². The van der Waals surface area contributed by atoms with Crippen molar-refractivity contribution >= 4 is 17.0 Å². The molecule has 0 bridgehead atoms. The van der Waals surface area contributed by atoms with Crippen LogP contribution in [0.3, 0.4) is 0 Å². The van der Waals surface area contributed by atoms with E-state index in [9.17, 15) is 4.79 Å². The molecule has 112 valence electrons. The van der Waals surface area contributed by atoms with Crippen LogP contribution in [0.5, 0.6) is 5.75 Å². The highest BCUT2D eigenvalue weighted by Crippen LogP contribution is 2.43. The molecular weight excluding hydrogens is 266 g/mol. The second-order valence-electron chi connectivity index (χ2n) is 6.55. The number of ether oxygens (including phenoxy) is 2. The summed E-state index contributed by atoms with van der Waals surface area (Å²) in [6.07, 6.45) is 1.94. The standard InChI is InChI=1S/C17H21NO3/c1-17(2,3)21-16(19)18-13-6-5-7-15(20-4)12(13)10-14(18)11-8-9-11/h5-7,10-11H,8-9H2,1-4H3. The zero-order valence-electron chi connectivity index (χ0n) is 13.0. The van der Waals surface area contributed by atoms with Crippen LogP contribution in [-0.2, 0) is 4.74 Å². The summed E-state index contributed by atoms with van der Waals surface area (Å²) < 4.78 is 12.7. The van der Waals surface area contributed by atoms with Crippen molar-refractivity contribution in [2.45, 2.75) is 45.1 Å². The number of hydrogen-bond acceptors (Lipinski definition) is 3. The van der Waals surface area contributed by atoms with Crippen molar-refractivity contribution in [1.82, 2.24) is 4.57 Å². The molecule has 2 aromatic rings. The molecule has 0 spiro atoms. The second kappa shape index (κ2) is 4.79. The van der Waals surface area contributed by atoms with Gasteiger partial charge in [-0.15, -0.1) is 0 Å².